The Morgan fingerprint density at radius 1 is 1.40 bits per heavy atom. The van der Waals surface area contributed by atoms with Crippen molar-refractivity contribution < 1.29 is 14.3 Å². The third-order valence-electron chi connectivity index (χ3n) is 2.30. The van der Waals surface area contributed by atoms with Crippen LogP contribution in [0.15, 0.2) is 27.8 Å². The highest BCUT2D eigenvalue weighted by molar-refractivity contribution is 9.10. The van der Waals surface area contributed by atoms with E-state index in [0.29, 0.717) is 12.3 Å². The molecule has 1 aromatic rings. The molecule has 0 atom stereocenters. The number of benzene rings is 1. The summed E-state index contributed by atoms with van der Waals surface area (Å²) >= 11 is 3.34. The number of halogens is 1. The lowest BCUT2D eigenvalue weighted by Crippen LogP contribution is -2.38. The zero-order valence-electron chi connectivity index (χ0n) is 11.3. The summed E-state index contributed by atoms with van der Waals surface area (Å²) in [5.41, 5.74) is 2.92. The summed E-state index contributed by atoms with van der Waals surface area (Å²) in [4.78, 5) is 22.6. The van der Waals surface area contributed by atoms with Crippen molar-refractivity contribution in [2.45, 2.75) is 13.3 Å². The van der Waals surface area contributed by atoms with E-state index < -0.39 is 11.8 Å². The van der Waals surface area contributed by atoms with E-state index in [0.717, 1.165) is 16.5 Å². The molecule has 1 aromatic carbocycles. The molecular weight excluding hydrogens is 326 g/mol. The van der Waals surface area contributed by atoms with E-state index >= 15 is 0 Å². The van der Waals surface area contributed by atoms with Gasteiger partial charge in [-0.2, -0.15) is 5.10 Å². The van der Waals surface area contributed by atoms with Crippen LogP contribution >= 0.6 is 15.9 Å². The van der Waals surface area contributed by atoms with E-state index in [1.165, 1.54) is 6.21 Å². The molecule has 0 heterocycles. The fourth-order valence-corrected chi connectivity index (χ4v) is 1.86. The lowest BCUT2D eigenvalue weighted by Gasteiger charge is -2.03. The number of hydrogen-bond acceptors (Lipinski definition) is 4. The van der Waals surface area contributed by atoms with Gasteiger partial charge in [-0.05, 0) is 46.1 Å². The van der Waals surface area contributed by atoms with E-state index in [-0.39, 0.29) is 0 Å². The average molecular weight is 342 g/mol. The van der Waals surface area contributed by atoms with Crippen LogP contribution < -0.4 is 15.5 Å². The predicted molar refractivity (Wildman–Crippen MR) is 79.7 cm³/mol. The quantitative estimate of drug-likeness (QED) is 0.483. The van der Waals surface area contributed by atoms with Crippen LogP contribution in [0.3, 0.4) is 0 Å². The standard InChI is InChI=1S/C13H16BrN3O3/c1-3-6-15-12(18)13(19)17-16-8-9-4-5-11(20-2)10(14)7-9/h4-5,7-8H,3,6H2,1-2H3,(H,15,18)(H,17,19)/b16-8-. The van der Waals surface area contributed by atoms with Crippen LogP contribution in [0.25, 0.3) is 0 Å². The lowest BCUT2D eigenvalue weighted by molar-refractivity contribution is -0.139. The Kier molecular flexibility index (Phi) is 6.72. The second-order valence-electron chi connectivity index (χ2n) is 3.85. The Bertz CT molecular complexity index is 518. The number of nitrogens with zero attached hydrogens (tertiary/aromatic N) is 1. The van der Waals surface area contributed by atoms with Gasteiger partial charge in [-0.15, -0.1) is 0 Å². The molecule has 0 bridgehead atoms. The first-order valence-corrected chi connectivity index (χ1v) is 6.82. The Morgan fingerprint density at radius 3 is 2.75 bits per heavy atom. The Labute approximate surface area is 125 Å². The highest BCUT2D eigenvalue weighted by Gasteiger charge is 2.10. The van der Waals surface area contributed by atoms with E-state index in [2.05, 4.69) is 31.8 Å². The van der Waals surface area contributed by atoms with Gasteiger partial charge >= 0.3 is 11.8 Å². The van der Waals surface area contributed by atoms with Crippen molar-refractivity contribution in [3.8, 4) is 5.75 Å². The van der Waals surface area contributed by atoms with E-state index in [9.17, 15) is 9.59 Å². The fraction of sp³-hybridized carbons (Fsp3) is 0.308. The first-order valence-electron chi connectivity index (χ1n) is 6.03. The van der Waals surface area contributed by atoms with Crippen molar-refractivity contribution in [2.24, 2.45) is 5.10 Å². The molecule has 0 aliphatic rings. The monoisotopic (exact) mass is 341 g/mol. The van der Waals surface area contributed by atoms with Gasteiger partial charge in [0, 0.05) is 6.54 Å². The van der Waals surface area contributed by atoms with Gasteiger partial charge in [-0.3, -0.25) is 9.59 Å². The molecule has 0 saturated carbocycles. The molecule has 2 N–H and O–H groups in total. The molecular formula is C13H16BrN3O3. The molecule has 0 aromatic heterocycles. The molecule has 108 valence electrons. The van der Waals surface area contributed by atoms with Crippen LogP contribution in [-0.4, -0.2) is 31.7 Å². The van der Waals surface area contributed by atoms with Crippen LogP contribution in [0, 0.1) is 0 Å². The average Bonchev–Trinajstić information content (AvgIpc) is 2.44. The van der Waals surface area contributed by atoms with E-state index in [1.807, 2.05) is 6.92 Å². The van der Waals surface area contributed by atoms with Gasteiger partial charge in [0.25, 0.3) is 0 Å². The maximum atomic E-state index is 11.3. The number of amides is 2. The molecule has 0 saturated heterocycles. The maximum absolute atomic E-state index is 11.3. The summed E-state index contributed by atoms with van der Waals surface area (Å²) in [5, 5.41) is 6.18. The zero-order valence-corrected chi connectivity index (χ0v) is 12.9. The van der Waals surface area contributed by atoms with Crippen LogP contribution in [0.2, 0.25) is 0 Å². The minimum Gasteiger partial charge on any atom is -0.496 e. The van der Waals surface area contributed by atoms with Crippen molar-refractivity contribution >= 4 is 34.0 Å². The van der Waals surface area contributed by atoms with Gasteiger partial charge in [0.1, 0.15) is 5.75 Å². The lowest BCUT2D eigenvalue weighted by atomic mass is 10.2. The van der Waals surface area contributed by atoms with Gasteiger partial charge in [0.05, 0.1) is 17.8 Å². The summed E-state index contributed by atoms with van der Waals surface area (Å²) in [6.07, 6.45) is 2.21. The Balaban J connectivity index is 2.54. The highest BCUT2D eigenvalue weighted by Crippen LogP contribution is 2.24. The van der Waals surface area contributed by atoms with Crippen molar-refractivity contribution in [3.05, 3.63) is 28.2 Å². The summed E-state index contributed by atoms with van der Waals surface area (Å²) in [6, 6.07) is 5.32. The minimum atomic E-state index is -0.790. The molecule has 6 nitrogen and oxygen atoms in total. The number of carbonyl (C=O) groups is 2. The van der Waals surface area contributed by atoms with Gasteiger partial charge in [-0.25, -0.2) is 5.43 Å². The molecule has 0 fully saturated rings. The number of rotatable bonds is 5. The molecule has 0 unspecified atom stereocenters. The first-order chi connectivity index (χ1) is 9.58. The van der Waals surface area contributed by atoms with Crippen LogP contribution in [0.1, 0.15) is 18.9 Å². The molecule has 2 amide bonds. The molecule has 0 spiro atoms. The highest BCUT2D eigenvalue weighted by atomic mass is 79.9. The maximum Gasteiger partial charge on any atom is 0.329 e. The number of hydrogen-bond donors (Lipinski definition) is 2. The van der Waals surface area contributed by atoms with Crippen molar-refractivity contribution in [1.82, 2.24) is 10.7 Å². The van der Waals surface area contributed by atoms with Gasteiger partial charge in [0.2, 0.25) is 0 Å². The van der Waals surface area contributed by atoms with Gasteiger partial charge in [0.15, 0.2) is 0 Å². The second kappa shape index (κ2) is 8.31. The molecule has 0 aliphatic heterocycles. The third kappa shape index (κ3) is 5.00. The third-order valence-corrected chi connectivity index (χ3v) is 2.92. The first kappa shape index (κ1) is 16.2. The summed E-state index contributed by atoms with van der Waals surface area (Å²) in [7, 11) is 1.57. The van der Waals surface area contributed by atoms with Crippen molar-refractivity contribution in [2.75, 3.05) is 13.7 Å². The van der Waals surface area contributed by atoms with Crippen LogP contribution in [0.5, 0.6) is 5.75 Å². The van der Waals surface area contributed by atoms with Crippen LogP contribution in [-0.2, 0) is 9.59 Å². The predicted octanol–water partition coefficient (Wildman–Crippen LogP) is 1.43. The van der Waals surface area contributed by atoms with E-state index in [1.54, 1.807) is 25.3 Å². The van der Waals surface area contributed by atoms with Crippen LogP contribution in [0.4, 0.5) is 0 Å². The van der Waals surface area contributed by atoms with Gasteiger partial charge in [-0.1, -0.05) is 6.92 Å². The molecule has 0 radical (unpaired) electrons. The largest absolute Gasteiger partial charge is 0.496 e. The van der Waals surface area contributed by atoms with Crippen molar-refractivity contribution in [3.63, 3.8) is 0 Å². The zero-order chi connectivity index (χ0) is 15.0. The summed E-state index contributed by atoms with van der Waals surface area (Å²) in [6.45, 7) is 2.36. The SMILES string of the molecule is CCCNC(=O)C(=O)N/N=C\c1ccc(OC)c(Br)c1. The van der Waals surface area contributed by atoms with Gasteiger partial charge < -0.3 is 10.1 Å². The number of carbonyl (C=O) groups excluding carboxylic acids is 2. The second-order valence-corrected chi connectivity index (χ2v) is 4.70. The normalized spacial score (nSPS) is 10.3. The number of ether oxygens (including phenoxy) is 1. The molecule has 1 rings (SSSR count). The smallest absolute Gasteiger partial charge is 0.329 e. The number of nitrogens with one attached hydrogen (secondary N) is 2. The number of hydrazone groups is 1. The fourth-order valence-electron chi connectivity index (χ4n) is 1.30. The Morgan fingerprint density at radius 2 is 2.15 bits per heavy atom. The molecule has 7 heteroatoms. The minimum absolute atomic E-state index is 0.460. The molecule has 20 heavy (non-hydrogen) atoms. The Hall–Kier alpha value is -1.89. The van der Waals surface area contributed by atoms with Crippen molar-refractivity contribution in [1.29, 1.82) is 0 Å². The summed E-state index contributed by atoms with van der Waals surface area (Å²) in [5.74, 6) is -0.785. The molecule has 0 aliphatic carbocycles. The topological polar surface area (TPSA) is 79.8 Å². The van der Waals surface area contributed by atoms with E-state index in [4.69, 9.17) is 4.74 Å². The number of methoxy groups -OCH3 is 1. The summed E-state index contributed by atoms with van der Waals surface area (Å²) < 4.78 is 5.87.